The van der Waals surface area contributed by atoms with Gasteiger partial charge in [-0.2, -0.15) is 0 Å². The molecule has 1 aliphatic rings. The second-order valence-corrected chi connectivity index (χ2v) is 4.82. The van der Waals surface area contributed by atoms with E-state index in [9.17, 15) is 4.79 Å². The van der Waals surface area contributed by atoms with Gasteiger partial charge in [0.2, 0.25) is 5.75 Å². The Morgan fingerprint density at radius 3 is 2.10 bits per heavy atom. The standard InChI is InChI=1S/C15H22N2O4/c1-5-17(11-8-16-9-11)15(18)10-6-12(19-2)14(21-4)13(7-10)20-3/h6-7,11,16H,5,8-9H2,1-4H3. The molecule has 2 rings (SSSR count). The molecule has 1 aliphatic heterocycles. The Bertz CT molecular complexity index is 489. The second-order valence-electron chi connectivity index (χ2n) is 4.82. The molecule has 1 aromatic carbocycles. The zero-order chi connectivity index (χ0) is 15.4. The van der Waals surface area contributed by atoms with Crippen LogP contribution in [0.25, 0.3) is 0 Å². The lowest BCUT2D eigenvalue weighted by Crippen LogP contribution is -2.58. The molecule has 1 saturated heterocycles. The van der Waals surface area contributed by atoms with Crippen LogP contribution in [-0.2, 0) is 0 Å². The highest BCUT2D eigenvalue weighted by Gasteiger charge is 2.29. The second kappa shape index (κ2) is 6.67. The predicted octanol–water partition coefficient (Wildman–Crippen LogP) is 1.15. The number of nitrogens with one attached hydrogen (secondary N) is 1. The maximum absolute atomic E-state index is 12.7. The van der Waals surface area contributed by atoms with E-state index < -0.39 is 0 Å². The largest absolute Gasteiger partial charge is 0.493 e. The maximum atomic E-state index is 12.7. The number of hydrogen-bond donors (Lipinski definition) is 1. The number of amides is 1. The molecule has 0 unspecified atom stereocenters. The quantitative estimate of drug-likeness (QED) is 0.853. The van der Waals surface area contributed by atoms with Crippen molar-refractivity contribution in [3.8, 4) is 17.2 Å². The molecule has 0 bridgehead atoms. The van der Waals surface area contributed by atoms with Gasteiger partial charge in [0.15, 0.2) is 11.5 Å². The number of likely N-dealkylation sites (N-methyl/N-ethyl adjacent to an activating group) is 1. The van der Waals surface area contributed by atoms with Crippen molar-refractivity contribution in [1.29, 1.82) is 0 Å². The number of nitrogens with zero attached hydrogens (tertiary/aromatic N) is 1. The molecule has 0 aromatic heterocycles. The molecule has 0 aliphatic carbocycles. The van der Waals surface area contributed by atoms with Crippen molar-refractivity contribution >= 4 is 5.91 Å². The van der Waals surface area contributed by atoms with E-state index in [1.807, 2.05) is 11.8 Å². The third-order valence-corrected chi connectivity index (χ3v) is 3.71. The van der Waals surface area contributed by atoms with E-state index >= 15 is 0 Å². The van der Waals surface area contributed by atoms with Gasteiger partial charge in [-0.05, 0) is 19.1 Å². The molecule has 1 amide bonds. The number of carbonyl (C=O) groups is 1. The third kappa shape index (κ3) is 2.90. The Morgan fingerprint density at radius 1 is 1.19 bits per heavy atom. The van der Waals surface area contributed by atoms with Crippen molar-refractivity contribution in [2.24, 2.45) is 0 Å². The third-order valence-electron chi connectivity index (χ3n) is 3.71. The summed E-state index contributed by atoms with van der Waals surface area (Å²) in [5.74, 6) is 1.44. The molecule has 1 heterocycles. The average molecular weight is 294 g/mol. The fourth-order valence-corrected chi connectivity index (χ4v) is 2.43. The fourth-order valence-electron chi connectivity index (χ4n) is 2.43. The first kappa shape index (κ1) is 15.4. The van der Waals surface area contributed by atoms with E-state index in [1.54, 1.807) is 33.5 Å². The van der Waals surface area contributed by atoms with E-state index in [2.05, 4.69) is 5.32 Å². The Labute approximate surface area is 125 Å². The Kier molecular flexibility index (Phi) is 4.90. The number of benzene rings is 1. The van der Waals surface area contributed by atoms with Crippen molar-refractivity contribution in [3.63, 3.8) is 0 Å². The summed E-state index contributed by atoms with van der Waals surface area (Å²) in [5.41, 5.74) is 0.540. The summed E-state index contributed by atoms with van der Waals surface area (Å²) in [4.78, 5) is 14.6. The van der Waals surface area contributed by atoms with E-state index in [4.69, 9.17) is 14.2 Å². The molecule has 0 atom stereocenters. The van der Waals surface area contributed by atoms with Gasteiger partial charge in [0, 0.05) is 25.2 Å². The van der Waals surface area contributed by atoms with Crippen molar-refractivity contribution in [1.82, 2.24) is 10.2 Å². The summed E-state index contributed by atoms with van der Waals surface area (Å²) >= 11 is 0. The topological polar surface area (TPSA) is 60.0 Å². The van der Waals surface area contributed by atoms with Gasteiger partial charge in [-0.15, -0.1) is 0 Å². The number of methoxy groups -OCH3 is 3. The highest BCUT2D eigenvalue weighted by Crippen LogP contribution is 2.38. The number of carbonyl (C=O) groups excluding carboxylic acids is 1. The zero-order valence-corrected chi connectivity index (χ0v) is 12.9. The molecule has 1 aromatic rings. The molecule has 0 radical (unpaired) electrons. The normalized spacial score (nSPS) is 14.3. The molecule has 1 N–H and O–H groups in total. The minimum Gasteiger partial charge on any atom is -0.493 e. The lowest BCUT2D eigenvalue weighted by molar-refractivity contribution is 0.0629. The highest BCUT2D eigenvalue weighted by atomic mass is 16.5. The van der Waals surface area contributed by atoms with Gasteiger partial charge >= 0.3 is 0 Å². The minimum atomic E-state index is -0.0248. The van der Waals surface area contributed by atoms with Crippen molar-refractivity contribution in [2.45, 2.75) is 13.0 Å². The van der Waals surface area contributed by atoms with Gasteiger partial charge < -0.3 is 24.4 Å². The summed E-state index contributed by atoms with van der Waals surface area (Å²) in [6, 6.07) is 3.64. The molecule has 0 saturated carbocycles. The van der Waals surface area contributed by atoms with Crippen LogP contribution in [0.4, 0.5) is 0 Å². The SMILES string of the molecule is CCN(C(=O)c1cc(OC)c(OC)c(OC)c1)C1CNC1. The first-order valence-corrected chi connectivity index (χ1v) is 6.97. The van der Waals surface area contributed by atoms with Crippen LogP contribution >= 0.6 is 0 Å². The molecule has 0 spiro atoms. The van der Waals surface area contributed by atoms with Gasteiger partial charge in [0.25, 0.3) is 5.91 Å². The van der Waals surface area contributed by atoms with Crippen LogP contribution in [0, 0.1) is 0 Å². The van der Waals surface area contributed by atoms with Crippen LogP contribution in [0.5, 0.6) is 17.2 Å². The van der Waals surface area contributed by atoms with Crippen LogP contribution < -0.4 is 19.5 Å². The predicted molar refractivity (Wildman–Crippen MR) is 79.5 cm³/mol. The summed E-state index contributed by atoms with van der Waals surface area (Å²) < 4.78 is 15.9. The molecule has 6 heteroatoms. The van der Waals surface area contributed by atoms with E-state index in [1.165, 1.54) is 0 Å². The summed E-state index contributed by atoms with van der Waals surface area (Å²) in [6.45, 7) is 4.32. The van der Waals surface area contributed by atoms with Crippen molar-refractivity contribution in [2.75, 3.05) is 41.0 Å². The average Bonchev–Trinajstić information content (AvgIpc) is 2.48. The Balaban J connectivity index is 2.35. The Hall–Kier alpha value is -1.95. The summed E-state index contributed by atoms with van der Waals surface area (Å²) in [6.07, 6.45) is 0. The van der Waals surface area contributed by atoms with Gasteiger partial charge in [0.1, 0.15) is 0 Å². The molecule has 116 valence electrons. The van der Waals surface area contributed by atoms with Gasteiger partial charge in [0.05, 0.1) is 27.4 Å². The van der Waals surface area contributed by atoms with Gasteiger partial charge in [-0.25, -0.2) is 0 Å². The number of rotatable bonds is 6. The fraction of sp³-hybridized carbons (Fsp3) is 0.533. The summed E-state index contributed by atoms with van der Waals surface area (Å²) in [7, 11) is 4.62. The van der Waals surface area contributed by atoms with E-state index in [0.717, 1.165) is 13.1 Å². The summed E-state index contributed by atoms with van der Waals surface area (Å²) in [5, 5.41) is 3.18. The Morgan fingerprint density at radius 2 is 1.76 bits per heavy atom. The number of hydrogen-bond acceptors (Lipinski definition) is 5. The molecule has 6 nitrogen and oxygen atoms in total. The smallest absolute Gasteiger partial charge is 0.254 e. The molecular formula is C15H22N2O4. The van der Waals surface area contributed by atoms with Crippen LogP contribution in [0.3, 0.4) is 0 Å². The zero-order valence-electron chi connectivity index (χ0n) is 12.9. The lowest BCUT2D eigenvalue weighted by atomic mass is 10.1. The van der Waals surface area contributed by atoms with Gasteiger partial charge in [-0.3, -0.25) is 4.79 Å². The monoisotopic (exact) mass is 294 g/mol. The highest BCUT2D eigenvalue weighted by molar-refractivity contribution is 5.96. The molecular weight excluding hydrogens is 272 g/mol. The van der Waals surface area contributed by atoms with Crippen LogP contribution in [0.15, 0.2) is 12.1 Å². The number of ether oxygens (including phenoxy) is 3. The van der Waals surface area contributed by atoms with E-state index in [-0.39, 0.29) is 11.9 Å². The molecule has 1 fully saturated rings. The van der Waals surface area contributed by atoms with Crippen molar-refractivity contribution in [3.05, 3.63) is 17.7 Å². The first-order valence-electron chi connectivity index (χ1n) is 6.97. The minimum absolute atomic E-state index is 0.0248. The molecule has 21 heavy (non-hydrogen) atoms. The van der Waals surface area contributed by atoms with Crippen LogP contribution in [0.1, 0.15) is 17.3 Å². The van der Waals surface area contributed by atoms with E-state index in [0.29, 0.717) is 29.4 Å². The van der Waals surface area contributed by atoms with Crippen LogP contribution in [-0.4, -0.2) is 57.8 Å². The first-order chi connectivity index (χ1) is 10.2. The van der Waals surface area contributed by atoms with Crippen molar-refractivity contribution < 1.29 is 19.0 Å². The van der Waals surface area contributed by atoms with Gasteiger partial charge in [-0.1, -0.05) is 0 Å². The van der Waals surface area contributed by atoms with Crippen LogP contribution in [0.2, 0.25) is 0 Å². The lowest BCUT2D eigenvalue weighted by Gasteiger charge is -2.37. The maximum Gasteiger partial charge on any atom is 0.254 e.